The molecule has 2 aliphatic heterocycles. The summed E-state index contributed by atoms with van der Waals surface area (Å²) in [7, 11) is 0. The van der Waals surface area contributed by atoms with Gasteiger partial charge in [-0.25, -0.2) is 10.0 Å². The van der Waals surface area contributed by atoms with E-state index < -0.39 is 0 Å². The topological polar surface area (TPSA) is 66.9 Å². The van der Waals surface area contributed by atoms with Crippen LogP contribution in [-0.4, -0.2) is 46.9 Å². The fourth-order valence-electron chi connectivity index (χ4n) is 3.02. The van der Waals surface area contributed by atoms with Gasteiger partial charge in [-0.1, -0.05) is 13.8 Å². The summed E-state index contributed by atoms with van der Waals surface area (Å²) in [6.45, 7) is 6.74. The second-order valence-corrected chi connectivity index (χ2v) is 4.95. The van der Waals surface area contributed by atoms with Crippen LogP contribution < -0.4 is 0 Å². The lowest BCUT2D eigenvalue weighted by Crippen LogP contribution is -2.52. The molecule has 1 atom stereocenters. The molecule has 3 aliphatic rings. The molecule has 0 N–H and O–H groups in total. The van der Waals surface area contributed by atoms with Crippen molar-refractivity contribution in [1.29, 1.82) is 0 Å². The molecule has 0 bridgehead atoms. The van der Waals surface area contributed by atoms with E-state index in [0.717, 1.165) is 18.4 Å². The molecule has 0 radical (unpaired) electrons. The van der Waals surface area contributed by atoms with Crippen molar-refractivity contribution in [2.45, 2.75) is 52.6 Å². The molecule has 6 heteroatoms. The van der Waals surface area contributed by atoms with Gasteiger partial charge in [-0.3, -0.25) is 14.4 Å². The molecule has 1 aliphatic carbocycles. The van der Waals surface area contributed by atoms with E-state index in [1.807, 2.05) is 20.8 Å². The van der Waals surface area contributed by atoms with E-state index in [-0.39, 0.29) is 30.1 Å². The molecular formula is C15H22N2O4. The fraction of sp³-hybridized carbons (Fsp3) is 0.667. The first-order chi connectivity index (χ1) is 10.1. The maximum atomic E-state index is 12.1. The minimum atomic E-state index is -0.303. The number of ether oxygens (including phenoxy) is 1. The molecule has 0 aromatic carbocycles. The first-order valence-electron chi connectivity index (χ1n) is 7.64. The van der Waals surface area contributed by atoms with Gasteiger partial charge < -0.3 is 4.74 Å². The molecular weight excluding hydrogens is 272 g/mol. The number of ketones is 1. The van der Waals surface area contributed by atoms with Crippen LogP contribution in [0, 0.1) is 0 Å². The first-order valence-corrected chi connectivity index (χ1v) is 7.64. The minimum absolute atomic E-state index is 0.0568. The molecule has 2 amide bonds. The Bertz CT molecular complexity index is 498. The second-order valence-electron chi connectivity index (χ2n) is 4.95. The zero-order valence-electron chi connectivity index (χ0n) is 12.8. The molecule has 3 rings (SSSR count). The summed E-state index contributed by atoms with van der Waals surface area (Å²) in [5.74, 6) is -0.610. The van der Waals surface area contributed by atoms with Gasteiger partial charge in [0.2, 0.25) is 0 Å². The molecule has 0 saturated carbocycles. The predicted molar refractivity (Wildman–Crippen MR) is 75.8 cm³/mol. The summed E-state index contributed by atoms with van der Waals surface area (Å²) in [6.07, 6.45) is 1.58. The molecule has 0 aromatic rings. The van der Waals surface area contributed by atoms with E-state index in [4.69, 9.17) is 4.74 Å². The number of allylic oxidation sites excluding steroid dienone is 1. The summed E-state index contributed by atoms with van der Waals surface area (Å²) in [4.78, 5) is 35.9. The van der Waals surface area contributed by atoms with E-state index in [1.54, 1.807) is 0 Å². The van der Waals surface area contributed by atoms with Gasteiger partial charge in [0.1, 0.15) is 18.2 Å². The standard InChI is InChI=1S/C13H16N2O4.C2H6/c1-2-19-10-7-14-11(17)6-12(18)15(14)13-8(10)4-3-5-9(13)16;1-2/h10H,2-7H2,1H3;1-2H3. The number of hydrogen-bond donors (Lipinski definition) is 0. The fourth-order valence-corrected chi connectivity index (χ4v) is 3.02. The smallest absolute Gasteiger partial charge is 0.255 e. The van der Waals surface area contributed by atoms with Crippen molar-refractivity contribution >= 4 is 17.6 Å². The third kappa shape index (κ3) is 2.60. The summed E-state index contributed by atoms with van der Waals surface area (Å²) in [5, 5.41) is 2.65. The number of amides is 2. The van der Waals surface area contributed by atoms with Crippen LogP contribution in [0.2, 0.25) is 0 Å². The Morgan fingerprint density at radius 1 is 1.14 bits per heavy atom. The van der Waals surface area contributed by atoms with Crippen LogP contribution in [0.25, 0.3) is 0 Å². The van der Waals surface area contributed by atoms with Crippen LogP contribution in [-0.2, 0) is 19.1 Å². The highest BCUT2D eigenvalue weighted by Gasteiger charge is 2.47. The van der Waals surface area contributed by atoms with Crippen molar-refractivity contribution in [2.24, 2.45) is 0 Å². The molecule has 1 unspecified atom stereocenters. The van der Waals surface area contributed by atoms with E-state index in [1.165, 1.54) is 10.0 Å². The molecule has 6 nitrogen and oxygen atoms in total. The zero-order valence-corrected chi connectivity index (χ0v) is 12.8. The molecule has 2 heterocycles. The Kier molecular flexibility index (Phi) is 4.77. The van der Waals surface area contributed by atoms with E-state index in [2.05, 4.69) is 0 Å². The van der Waals surface area contributed by atoms with Crippen molar-refractivity contribution in [3.8, 4) is 0 Å². The third-order valence-corrected chi connectivity index (χ3v) is 3.79. The molecule has 1 saturated heterocycles. The number of rotatable bonds is 2. The van der Waals surface area contributed by atoms with Crippen molar-refractivity contribution in [3.63, 3.8) is 0 Å². The first kappa shape index (κ1) is 15.7. The van der Waals surface area contributed by atoms with Crippen LogP contribution in [0.4, 0.5) is 0 Å². The molecule has 0 spiro atoms. The Morgan fingerprint density at radius 2 is 1.86 bits per heavy atom. The summed E-state index contributed by atoms with van der Waals surface area (Å²) in [5.41, 5.74) is 1.28. The van der Waals surface area contributed by atoms with Crippen molar-refractivity contribution in [1.82, 2.24) is 10.0 Å². The molecule has 0 aromatic heterocycles. The maximum Gasteiger partial charge on any atom is 0.255 e. The highest BCUT2D eigenvalue weighted by atomic mass is 16.5. The van der Waals surface area contributed by atoms with Crippen molar-refractivity contribution in [2.75, 3.05) is 13.2 Å². The summed E-state index contributed by atoms with van der Waals surface area (Å²) in [6, 6.07) is 0. The number of nitrogens with zero attached hydrogens (tertiary/aromatic N) is 2. The van der Waals surface area contributed by atoms with Crippen LogP contribution in [0.3, 0.4) is 0 Å². The van der Waals surface area contributed by atoms with Crippen molar-refractivity contribution < 1.29 is 19.1 Å². The lowest BCUT2D eigenvalue weighted by Gasteiger charge is -2.41. The number of carbonyl (C=O) groups excluding carboxylic acids is 3. The second kappa shape index (κ2) is 6.39. The zero-order chi connectivity index (χ0) is 15.6. The van der Waals surface area contributed by atoms with E-state index >= 15 is 0 Å². The minimum Gasteiger partial charge on any atom is -0.372 e. The van der Waals surface area contributed by atoms with Gasteiger partial charge in [-0.2, -0.15) is 0 Å². The Balaban J connectivity index is 0.000000774. The third-order valence-electron chi connectivity index (χ3n) is 3.79. The van der Waals surface area contributed by atoms with E-state index in [9.17, 15) is 14.4 Å². The SMILES string of the molecule is CC.CCOC1CN2C(=O)CC(=O)N2C2=C1CCCC2=O. The Morgan fingerprint density at radius 3 is 2.52 bits per heavy atom. The number of fused-ring (bicyclic) bond motifs is 2. The van der Waals surface area contributed by atoms with Gasteiger partial charge in [0, 0.05) is 13.0 Å². The lowest BCUT2D eigenvalue weighted by molar-refractivity contribution is -0.151. The van der Waals surface area contributed by atoms with Crippen LogP contribution in [0.5, 0.6) is 0 Å². The van der Waals surface area contributed by atoms with Gasteiger partial charge in [-0.05, 0) is 25.3 Å². The van der Waals surface area contributed by atoms with Crippen molar-refractivity contribution in [3.05, 3.63) is 11.3 Å². The lowest BCUT2D eigenvalue weighted by atomic mass is 9.89. The van der Waals surface area contributed by atoms with Crippen LogP contribution in [0.15, 0.2) is 11.3 Å². The van der Waals surface area contributed by atoms with E-state index in [0.29, 0.717) is 25.3 Å². The highest BCUT2D eigenvalue weighted by molar-refractivity contribution is 6.08. The largest absolute Gasteiger partial charge is 0.372 e. The average molecular weight is 294 g/mol. The maximum absolute atomic E-state index is 12.1. The van der Waals surface area contributed by atoms with Gasteiger partial charge in [0.25, 0.3) is 11.8 Å². The van der Waals surface area contributed by atoms with Gasteiger partial charge in [0.15, 0.2) is 5.78 Å². The normalized spacial score (nSPS) is 24.7. The molecule has 21 heavy (non-hydrogen) atoms. The average Bonchev–Trinajstić information content (AvgIpc) is 2.77. The molecule has 1 fully saturated rings. The number of carbonyl (C=O) groups is 3. The van der Waals surface area contributed by atoms with Crippen LogP contribution in [0.1, 0.15) is 46.5 Å². The number of hydrogen-bond acceptors (Lipinski definition) is 4. The van der Waals surface area contributed by atoms with Crippen LogP contribution >= 0.6 is 0 Å². The monoisotopic (exact) mass is 294 g/mol. The summed E-state index contributed by atoms with van der Waals surface area (Å²) >= 11 is 0. The predicted octanol–water partition coefficient (Wildman–Crippen LogP) is 1.41. The Hall–Kier alpha value is -1.69. The number of Topliss-reactive ketones (excluding diaryl/α,β-unsaturated/α-hetero) is 1. The highest BCUT2D eigenvalue weighted by Crippen LogP contribution is 2.36. The quantitative estimate of drug-likeness (QED) is 0.722. The van der Waals surface area contributed by atoms with Gasteiger partial charge in [0.05, 0.1) is 6.54 Å². The summed E-state index contributed by atoms with van der Waals surface area (Å²) < 4.78 is 5.65. The molecule has 116 valence electrons. The Labute approximate surface area is 124 Å². The number of hydrazine groups is 1. The van der Waals surface area contributed by atoms with Gasteiger partial charge in [-0.15, -0.1) is 0 Å². The van der Waals surface area contributed by atoms with Gasteiger partial charge >= 0.3 is 0 Å².